The van der Waals surface area contributed by atoms with E-state index in [9.17, 15) is 47.4 Å². The number of carbonyl (C=O) groups is 2. The number of hydrogen-bond acceptors (Lipinski definition) is 27. The van der Waals surface area contributed by atoms with Crippen LogP contribution in [0, 0.1) is 43.5 Å². The number of nitrogen functional groups attached to an aromatic ring is 2. The van der Waals surface area contributed by atoms with Gasteiger partial charge in [-0.25, -0.2) is 47.5 Å². The molecule has 702 valence electrons. The van der Waals surface area contributed by atoms with Crippen LogP contribution in [0.4, 0.5) is 57.9 Å². The highest BCUT2D eigenvalue weighted by molar-refractivity contribution is 9.10. The van der Waals surface area contributed by atoms with Crippen LogP contribution in [-0.4, -0.2) is 248 Å². The van der Waals surface area contributed by atoms with Crippen LogP contribution in [0.15, 0.2) is 150 Å². The van der Waals surface area contributed by atoms with E-state index in [0.717, 1.165) is 105 Å². The summed E-state index contributed by atoms with van der Waals surface area (Å²) in [5, 5.41) is 20.3. The quantitative estimate of drug-likeness (QED) is 0.0356. The third-order valence-corrected chi connectivity index (χ3v) is 24.2. The first-order valence-corrected chi connectivity index (χ1v) is 44.0. The van der Waals surface area contributed by atoms with E-state index in [0.29, 0.717) is 35.7 Å². The van der Waals surface area contributed by atoms with Gasteiger partial charge in [-0.1, -0.05) is 39.1 Å². The maximum atomic E-state index is 14.9. The molecular formula is C93H120BBrClF4N21O10. The summed E-state index contributed by atoms with van der Waals surface area (Å²) in [6.45, 7) is 27.8. The number of ether oxygens (including phenoxy) is 2. The summed E-state index contributed by atoms with van der Waals surface area (Å²) in [5.74, 6) is -0.752. The smallest absolute Gasteiger partial charge is 0.478 e. The molecule has 0 bridgehead atoms. The summed E-state index contributed by atoms with van der Waals surface area (Å²) in [6.07, 6.45) is 22.3. The van der Waals surface area contributed by atoms with Crippen molar-refractivity contribution in [1.29, 1.82) is 0 Å². The second-order valence-electron chi connectivity index (χ2n) is 34.3. The molecule has 4 fully saturated rings. The van der Waals surface area contributed by atoms with Crippen molar-refractivity contribution in [2.45, 2.75) is 150 Å². The molecule has 8 aliphatic heterocycles. The topological polar surface area (TPSA) is 351 Å². The predicted molar refractivity (Wildman–Crippen MR) is 508 cm³/mol. The summed E-state index contributed by atoms with van der Waals surface area (Å²) in [5.41, 5.74) is 19.3. The van der Waals surface area contributed by atoms with Gasteiger partial charge in [0.05, 0.1) is 57.7 Å². The van der Waals surface area contributed by atoms with Crippen molar-refractivity contribution < 1.29 is 55.8 Å². The summed E-state index contributed by atoms with van der Waals surface area (Å²) >= 11 is 8.79. The zero-order valence-corrected chi connectivity index (χ0v) is 77.4. The number of halogens is 6. The molecule has 38 heteroatoms. The number of hydrogen-bond donors (Lipinski definition) is 2. The second-order valence-corrected chi connectivity index (χ2v) is 35.5. The van der Waals surface area contributed by atoms with Crippen LogP contribution in [-0.2, 0) is 25.3 Å². The Hall–Kier alpha value is -11.2. The molecule has 0 radical (unpaired) electrons. The summed E-state index contributed by atoms with van der Waals surface area (Å²) < 4.78 is 81.3. The van der Waals surface area contributed by atoms with Crippen LogP contribution < -0.4 is 35.6 Å². The van der Waals surface area contributed by atoms with Gasteiger partial charge in [-0.05, 0) is 297 Å². The first-order chi connectivity index (χ1) is 61.4. The lowest BCUT2D eigenvalue weighted by molar-refractivity contribution is -0.389. The lowest BCUT2D eigenvalue weighted by atomic mass is 9.75. The molecule has 0 aliphatic carbocycles. The third kappa shape index (κ3) is 28.2. The Morgan fingerprint density at radius 1 is 0.519 bits per heavy atom. The molecule has 4 N–H and O–H groups in total. The van der Waals surface area contributed by atoms with Crippen molar-refractivity contribution in [3.8, 4) is 34.0 Å². The van der Waals surface area contributed by atoms with Gasteiger partial charge in [0.1, 0.15) is 35.0 Å². The van der Waals surface area contributed by atoms with E-state index in [-0.39, 0.29) is 133 Å². The Kier molecular flexibility index (Phi) is 37.4. The summed E-state index contributed by atoms with van der Waals surface area (Å²) in [7, 11) is 10.5. The maximum Gasteiger partial charge on any atom is 0.490 e. The van der Waals surface area contributed by atoms with Crippen molar-refractivity contribution in [1.82, 2.24) is 69.4 Å². The molecule has 4 saturated heterocycles. The number of anilines is 5. The van der Waals surface area contributed by atoms with Crippen molar-refractivity contribution >= 4 is 92.4 Å². The number of piperidine rings is 2. The fraction of sp³-hybridized carbons (Fsp3) is 0.452. The van der Waals surface area contributed by atoms with Gasteiger partial charge < -0.3 is 89.7 Å². The highest BCUT2D eigenvalue weighted by atomic mass is 79.9. The molecule has 131 heavy (non-hydrogen) atoms. The van der Waals surface area contributed by atoms with Crippen molar-refractivity contribution in [2.24, 2.45) is 0 Å². The summed E-state index contributed by atoms with van der Waals surface area (Å²) in [6, 6.07) is 22.9. The molecule has 8 aliphatic rings. The van der Waals surface area contributed by atoms with E-state index in [4.69, 9.17) is 41.9 Å². The van der Waals surface area contributed by atoms with E-state index < -0.39 is 33.1 Å². The molecule has 7 aromatic heterocycles. The third-order valence-electron chi connectivity index (χ3n) is 23.5. The van der Waals surface area contributed by atoms with Crippen LogP contribution in [0.3, 0.4) is 0 Å². The fourth-order valence-electron chi connectivity index (χ4n) is 15.2. The zero-order chi connectivity index (χ0) is 93.1. The Bertz CT molecular complexity index is 5310. The number of pyridine rings is 5. The highest BCUT2D eigenvalue weighted by Crippen LogP contribution is 2.44. The monoisotopic (exact) mass is 1890 g/mol. The van der Waals surface area contributed by atoms with E-state index in [2.05, 4.69) is 177 Å². The number of nitrogens with zero attached hydrogens (tertiary/aromatic N) is 19. The lowest BCUT2D eigenvalue weighted by Crippen LogP contribution is -2.44. The minimum atomic E-state index is -0.743. The molecule has 0 spiro atoms. The van der Waals surface area contributed by atoms with Crippen LogP contribution in [0.1, 0.15) is 149 Å². The number of aromatic nitrogens is 9. The van der Waals surface area contributed by atoms with E-state index in [1.54, 1.807) is 32.2 Å². The highest BCUT2D eigenvalue weighted by Gasteiger charge is 2.52. The van der Waals surface area contributed by atoms with Crippen LogP contribution >= 0.6 is 27.5 Å². The minimum Gasteiger partial charge on any atom is -0.478 e. The van der Waals surface area contributed by atoms with Gasteiger partial charge in [0.2, 0.25) is 5.28 Å². The summed E-state index contributed by atoms with van der Waals surface area (Å²) in [4.78, 5) is 96.6. The first kappa shape index (κ1) is 104. The number of rotatable bonds is 13. The number of piperazine rings is 1. The predicted octanol–water partition coefficient (Wildman–Crippen LogP) is 16.1. The Morgan fingerprint density at radius 2 is 0.992 bits per heavy atom. The molecule has 0 atom stereocenters. The molecular weight excluding hydrogens is 1770 g/mol. The van der Waals surface area contributed by atoms with E-state index in [1.807, 2.05) is 56.7 Å². The van der Waals surface area contributed by atoms with Crippen LogP contribution in [0.2, 0.25) is 5.28 Å². The Labute approximate surface area is 778 Å². The SMILES string of the molecule is C.C.CC(C)N1C(=O)COc2c(F)cc(-c3nc(Cc4ccc(N5CCN(C)CC5)cn4)ncc3F)cc21.CC(C)N1C(=O)COc2c(F)cc(-c3nc(Cl)ncc3F)cc21.CN1CC=C(B2OC(C)(C)C(C)(C)O2)CC1.CN1CC=C(c2ccc([N+](=O)[O-])nc2)CC1.CN1CCC(c2ccc(N)nc2)CC1.CN1CCC(c2ccc(N)nc2)CC1.O=[N+]([O-])c1ccc(Br)cn1. The molecule has 2 amide bonds. The Balaban J connectivity index is 0.000000179. The molecule has 0 saturated carbocycles. The first-order valence-electron chi connectivity index (χ1n) is 42.8. The van der Waals surface area contributed by atoms with Gasteiger partial charge in [0.25, 0.3) is 11.8 Å². The number of fused-ring (bicyclic) bond motifs is 2. The van der Waals surface area contributed by atoms with Gasteiger partial charge in [-0.15, -0.1) is 0 Å². The largest absolute Gasteiger partial charge is 0.490 e. The van der Waals surface area contributed by atoms with E-state index in [1.165, 1.54) is 120 Å². The fourth-order valence-corrected chi connectivity index (χ4v) is 15.6. The number of nitro groups is 2. The normalized spacial score (nSPS) is 17.5. The van der Waals surface area contributed by atoms with Gasteiger partial charge in [0.15, 0.2) is 54.2 Å². The second kappa shape index (κ2) is 47.3. The molecule has 17 rings (SSSR count). The average molecular weight is 1890 g/mol. The molecule has 2 aromatic carbocycles. The van der Waals surface area contributed by atoms with Crippen LogP contribution in [0.5, 0.6) is 11.5 Å². The number of carbonyl (C=O) groups excluding carboxylic acids is 2. The number of amides is 2. The lowest BCUT2D eigenvalue weighted by Gasteiger charge is -2.33. The van der Waals surface area contributed by atoms with Gasteiger partial charge in [-0.2, -0.15) is 0 Å². The van der Waals surface area contributed by atoms with Crippen molar-refractivity contribution in [3.05, 3.63) is 227 Å². The maximum absolute atomic E-state index is 14.9. The molecule has 15 heterocycles. The van der Waals surface area contributed by atoms with Gasteiger partial charge in [0, 0.05) is 111 Å². The van der Waals surface area contributed by atoms with Crippen LogP contribution in [0.25, 0.3) is 28.1 Å². The average Bonchev–Trinajstić information content (AvgIpc) is 1.71. The minimum absolute atomic E-state index is 0. The molecule has 9 aromatic rings. The van der Waals surface area contributed by atoms with E-state index >= 15 is 0 Å². The Morgan fingerprint density at radius 3 is 1.41 bits per heavy atom. The number of nitrogens with two attached hydrogens (primary N) is 2. The van der Waals surface area contributed by atoms with Crippen molar-refractivity contribution in [2.75, 3.05) is 153 Å². The zero-order valence-electron chi connectivity index (χ0n) is 75.0. The van der Waals surface area contributed by atoms with Crippen molar-refractivity contribution in [3.63, 3.8) is 0 Å². The van der Waals surface area contributed by atoms with Gasteiger partial charge in [-0.3, -0.25) is 14.6 Å². The van der Waals surface area contributed by atoms with Gasteiger partial charge >= 0.3 is 18.8 Å². The standard InChI is InChI=1S/C26H28F2N6O2.C15H12ClF2N3O2.C12H22BNO2.C11H13N3O2.2C11H17N3.C5H3BrN2O2.2CH4/c1-16(2)34-22-11-17(10-20(27)26(22)36-15-24(34)35)25-21(28)14-30-23(31-25)12-18-4-5-19(13-29-18)33-8-6-32(3)7-9-33;1-7(2)21-11-4-8(13-10(18)5-19-15(16)20-13)3-9(17)14(11)23-6-12(21)22;1-11(2)12(3,4)16-13(15-11)10-6-8-14(5)9-7-10;1-13-6-4-9(5-7-13)10-2-3-11(12-8-10)14(15)16;2*1-14-6-4-9(5-7-14)10-2-3-11(12)13-8-10;6-4-1-2-5(7-3-4)8(9)10;;/h4-5,10-11,13-14,16H,6-9,12,15H2,1-3H3;3-5,7H,6H2,1-2H3;6H,7-9H2,1-5H3;2-4,8H,5-7H2,1H3;2*2-3,8-9H,4-7H2,1H3,(H2,12,13);1-3H;2*1H4. The molecule has 0 unspecified atom stereocenters. The molecule has 31 nitrogen and oxygen atoms in total. The number of likely N-dealkylation sites (tertiary alicyclic amines) is 2. The number of benzene rings is 2. The number of likely N-dealkylation sites (N-methyl/N-ethyl adjacent to an activating group) is 3.